The van der Waals surface area contributed by atoms with Crippen molar-refractivity contribution in [3.63, 3.8) is 0 Å². The summed E-state index contributed by atoms with van der Waals surface area (Å²) < 4.78 is 5.86. The van der Waals surface area contributed by atoms with E-state index in [2.05, 4.69) is 17.6 Å². The van der Waals surface area contributed by atoms with Gasteiger partial charge < -0.3 is 15.4 Å². The molecular formula is C27H30ClN3O3. The molecule has 0 radical (unpaired) electrons. The van der Waals surface area contributed by atoms with Gasteiger partial charge in [0.2, 0.25) is 5.91 Å². The van der Waals surface area contributed by atoms with Crippen LogP contribution in [-0.2, 0) is 4.79 Å². The summed E-state index contributed by atoms with van der Waals surface area (Å²) >= 11 is 5.95. The summed E-state index contributed by atoms with van der Waals surface area (Å²) in [6.45, 7) is 3.00. The molecule has 0 aliphatic rings. The van der Waals surface area contributed by atoms with E-state index >= 15 is 0 Å². The molecule has 0 fully saturated rings. The second kappa shape index (κ2) is 13.3. The minimum Gasteiger partial charge on any atom is -0.457 e. The molecule has 0 bridgehead atoms. The van der Waals surface area contributed by atoms with E-state index in [1.54, 1.807) is 29.2 Å². The number of benzene rings is 3. The Hall–Kier alpha value is -3.51. The third-order valence-electron chi connectivity index (χ3n) is 5.11. The quantitative estimate of drug-likeness (QED) is 0.295. The molecule has 34 heavy (non-hydrogen) atoms. The average Bonchev–Trinajstić information content (AvgIpc) is 2.85. The highest BCUT2D eigenvalue weighted by Gasteiger charge is 2.16. The number of hydrogen-bond donors (Lipinski definition) is 2. The lowest BCUT2D eigenvalue weighted by Crippen LogP contribution is -2.37. The third-order valence-corrected chi connectivity index (χ3v) is 5.36. The van der Waals surface area contributed by atoms with Crippen LogP contribution in [0.5, 0.6) is 11.5 Å². The smallest absolute Gasteiger partial charge is 0.326 e. The third kappa shape index (κ3) is 8.12. The predicted octanol–water partition coefficient (Wildman–Crippen LogP) is 6.87. The number of unbranched alkanes of at least 4 members (excludes halogenated alkanes) is 1. The van der Waals surface area contributed by atoms with Gasteiger partial charge >= 0.3 is 6.03 Å². The van der Waals surface area contributed by atoms with Gasteiger partial charge in [-0.25, -0.2) is 4.79 Å². The highest BCUT2D eigenvalue weighted by Crippen LogP contribution is 2.25. The number of nitrogens with one attached hydrogen (secondary N) is 2. The fraction of sp³-hybridized carbons (Fsp3) is 0.259. The Balaban J connectivity index is 1.66. The van der Waals surface area contributed by atoms with Crippen LogP contribution in [0.2, 0.25) is 5.02 Å². The Morgan fingerprint density at radius 1 is 0.882 bits per heavy atom. The largest absolute Gasteiger partial charge is 0.457 e. The van der Waals surface area contributed by atoms with Gasteiger partial charge in [0, 0.05) is 35.9 Å². The number of urea groups is 1. The van der Waals surface area contributed by atoms with Gasteiger partial charge in [0.15, 0.2) is 0 Å². The summed E-state index contributed by atoms with van der Waals surface area (Å²) in [7, 11) is 0. The Bertz CT molecular complexity index is 1040. The topological polar surface area (TPSA) is 70.7 Å². The van der Waals surface area contributed by atoms with Gasteiger partial charge in [-0.15, -0.1) is 0 Å². The molecule has 178 valence electrons. The minimum atomic E-state index is -0.267. The van der Waals surface area contributed by atoms with Gasteiger partial charge in [-0.3, -0.25) is 9.69 Å². The van der Waals surface area contributed by atoms with Crippen LogP contribution in [0.4, 0.5) is 16.2 Å². The van der Waals surface area contributed by atoms with Crippen LogP contribution in [0.3, 0.4) is 0 Å². The number of hydrogen-bond acceptors (Lipinski definition) is 3. The summed E-state index contributed by atoms with van der Waals surface area (Å²) in [6.07, 6.45) is 3.00. The van der Waals surface area contributed by atoms with Crippen LogP contribution >= 0.6 is 11.6 Å². The fourth-order valence-electron chi connectivity index (χ4n) is 3.28. The van der Waals surface area contributed by atoms with Crippen molar-refractivity contribution in [3.05, 3.63) is 83.9 Å². The van der Waals surface area contributed by atoms with Gasteiger partial charge in [-0.1, -0.05) is 43.1 Å². The molecule has 0 unspecified atom stereocenters. The highest BCUT2D eigenvalue weighted by molar-refractivity contribution is 6.30. The standard InChI is InChI=1S/C27H30ClN3O3/c1-2-3-10-26(32)29-19-7-20-31(27(33)30-22-13-11-21(28)12-14-22)23-15-17-25(18-16-23)34-24-8-5-4-6-9-24/h4-6,8-9,11-18H,2-3,7,10,19-20H2,1H3,(H,29,32)(H,30,33). The molecule has 3 aromatic carbocycles. The molecule has 6 nitrogen and oxygen atoms in total. The summed E-state index contributed by atoms with van der Waals surface area (Å²) in [6, 6.07) is 23.6. The molecule has 0 aliphatic heterocycles. The number of carbonyl (C=O) groups is 2. The first-order chi connectivity index (χ1) is 16.5. The molecule has 0 saturated carbocycles. The van der Waals surface area contributed by atoms with E-state index in [0.29, 0.717) is 42.4 Å². The van der Waals surface area contributed by atoms with Gasteiger partial charge in [0.1, 0.15) is 11.5 Å². The van der Waals surface area contributed by atoms with Crippen molar-refractivity contribution in [1.82, 2.24) is 5.32 Å². The average molecular weight is 480 g/mol. The molecule has 0 atom stereocenters. The molecule has 3 aromatic rings. The van der Waals surface area contributed by atoms with Crippen molar-refractivity contribution in [2.45, 2.75) is 32.6 Å². The van der Waals surface area contributed by atoms with Crippen LogP contribution in [0.25, 0.3) is 0 Å². The van der Waals surface area contributed by atoms with E-state index < -0.39 is 0 Å². The van der Waals surface area contributed by atoms with Crippen molar-refractivity contribution in [2.75, 3.05) is 23.3 Å². The maximum atomic E-state index is 13.1. The van der Waals surface area contributed by atoms with Crippen molar-refractivity contribution in [1.29, 1.82) is 0 Å². The van der Waals surface area contributed by atoms with Crippen LogP contribution in [0, 0.1) is 0 Å². The first kappa shape index (κ1) is 25.1. The summed E-state index contributed by atoms with van der Waals surface area (Å²) in [5.74, 6) is 1.46. The van der Waals surface area contributed by atoms with Crippen molar-refractivity contribution in [2.24, 2.45) is 0 Å². The second-order valence-electron chi connectivity index (χ2n) is 7.80. The number of anilines is 2. The molecule has 3 rings (SSSR count). The molecule has 0 saturated heterocycles. The van der Waals surface area contributed by atoms with Crippen LogP contribution in [0.1, 0.15) is 32.6 Å². The number of para-hydroxylation sites is 1. The van der Waals surface area contributed by atoms with E-state index in [-0.39, 0.29) is 11.9 Å². The van der Waals surface area contributed by atoms with Gasteiger partial charge in [-0.05, 0) is 73.5 Å². The first-order valence-electron chi connectivity index (χ1n) is 11.5. The molecule has 0 heterocycles. The maximum Gasteiger partial charge on any atom is 0.326 e. The molecule has 3 amide bonds. The SMILES string of the molecule is CCCCC(=O)NCCCN(C(=O)Nc1ccc(Cl)cc1)c1ccc(Oc2ccccc2)cc1. The number of rotatable bonds is 11. The van der Waals surface area contributed by atoms with Crippen molar-refractivity contribution >= 4 is 34.9 Å². The van der Waals surface area contributed by atoms with E-state index in [1.807, 2.05) is 54.6 Å². The van der Waals surface area contributed by atoms with Crippen molar-refractivity contribution < 1.29 is 14.3 Å². The zero-order valence-electron chi connectivity index (χ0n) is 19.3. The summed E-state index contributed by atoms with van der Waals surface area (Å²) in [5, 5.41) is 6.43. The zero-order chi connectivity index (χ0) is 24.2. The fourth-order valence-corrected chi connectivity index (χ4v) is 3.41. The number of carbonyl (C=O) groups excluding carboxylic acids is 2. The monoisotopic (exact) mass is 479 g/mol. The number of amides is 3. The number of halogens is 1. The van der Waals surface area contributed by atoms with Crippen LogP contribution in [0.15, 0.2) is 78.9 Å². The maximum absolute atomic E-state index is 13.1. The molecule has 0 aliphatic carbocycles. The lowest BCUT2D eigenvalue weighted by Gasteiger charge is -2.24. The number of ether oxygens (including phenoxy) is 1. The van der Waals surface area contributed by atoms with Crippen LogP contribution in [-0.4, -0.2) is 25.0 Å². The zero-order valence-corrected chi connectivity index (χ0v) is 20.1. The Labute approximate surface area is 205 Å². The normalized spacial score (nSPS) is 10.4. The van der Waals surface area contributed by atoms with Gasteiger partial charge in [0.05, 0.1) is 0 Å². The molecule has 7 heteroatoms. The predicted molar refractivity (Wildman–Crippen MR) is 138 cm³/mol. The lowest BCUT2D eigenvalue weighted by molar-refractivity contribution is -0.121. The van der Waals surface area contributed by atoms with Gasteiger partial charge in [0.25, 0.3) is 0 Å². The molecule has 0 spiro atoms. The second-order valence-corrected chi connectivity index (χ2v) is 8.24. The Morgan fingerprint density at radius 3 is 2.24 bits per heavy atom. The molecule has 0 aromatic heterocycles. The van der Waals surface area contributed by atoms with E-state index in [9.17, 15) is 9.59 Å². The number of nitrogens with zero attached hydrogens (tertiary/aromatic N) is 1. The summed E-state index contributed by atoms with van der Waals surface area (Å²) in [4.78, 5) is 26.6. The summed E-state index contributed by atoms with van der Waals surface area (Å²) in [5.41, 5.74) is 1.38. The van der Waals surface area contributed by atoms with E-state index in [0.717, 1.165) is 24.3 Å². The van der Waals surface area contributed by atoms with Crippen molar-refractivity contribution in [3.8, 4) is 11.5 Å². The van der Waals surface area contributed by atoms with Crippen LogP contribution < -0.4 is 20.3 Å². The first-order valence-corrected chi connectivity index (χ1v) is 11.9. The molecular weight excluding hydrogens is 450 g/mol. The Morgan fingerprint density at radius 2 is 1.56 bits per heavy atom. The van der Waals surface area contributed by atoms with E-state index in [4.69, 9.17) is 16.3 Å². The molecule has 2 N–H and O–H groups in total. The van der Waals surface area contributed by atoms with E-state index in [1.165, 1.54) is 0 Å². The highest BCUT2D eigenvalue weighted by atomic mass is 35.5. The minimum absolute atomic E-state index is 0.0430. The Kier molecular flexibility index (Phi) is 9.80. The van der Waals surface area contributed by atoms with Gasteiger partial charge in [-0.2, -0.15) is 0 Å². The lowest BCUT2D eigenvalue weighted by atomic mass is 10.2.